The van der Waals surface area contributed by atoms with Crippen LogP contribution in [0.15, 0.2) is 24.3 Å². The number of ether oxygens (including phenoxy) is 1. The molecule has 0 saturated carbocycles. The van der Waals surface area contributed by atoms with Gasteiger partial charge in [-0.25, -0.2) is 4.79 Å². The molecule has 0 aliphatic heterocycles. The summed E-state index contributed by atoms with van der Waals surface area (Å²) in [4.78, 5) is 22.7. The molecule has 1 aromatic rings. The summed E-state index contributed by atoms with van der Waals surface area (Å²) in [6, 6.07) is 3.37. The Morgan fingerprint density at radius 1 is 1.26 bits per heavy atom. The zero-order valence-corrected chi connectivity index (χ0v) is 12.7. The number of carboxylic acid groups (broad SMARTS) is 1. The fourth-order valence-electron chi connectivity index (χ4n) is 1.99. The summed E-state index contributed by atoms with van der Waals surface area (Å²) in [5.41, 5.74) is -0.198. The topological polar surface area (TPSA) is 75.6 Å². The van der Waals surface area contributed by atoms with Gasteiger partial charge in [-0.05, 0) is 23.6 Å². The Hall–Kier alpha value is -2.09. The Balaban J connectivity index is 2.66. The number of carboxylic acids is 1. The van der Waals surface area contributed by atoms with Crippen molar-refractivity contribution in [3.8, 4) is 0 Å². The fourth-order valence-corrected chi connectivity index (χ4v) is 1.99. The molecule has 0 saturated heterocycles. The molecule has 0 aromatic heterocycles. The number of rotatable bonds is 7. The Morgan fingerprint density at radius 3 is 2.26 bits per heavy atom. The summed E-state index contributed by atoms with van der Waals surface area (Å²) in [7, 11) is 1.31. The Morgan fingerprint density at radius 2 is 1.83 bits per heavy atom. The molecule has 128 valence electrons. The monoisotopic (exact) mass is 333 g/mol. The standard InChI is InChI=1S/C15H18F3NO4/c1-9(7-13(20)19-12(8-23-2)14(21)22)10-3-5-11(6-4-10)15(16,17)18/h3-6,9,12H,7-8H2,1-2H3,(H,19,20)(H,21,22). The third-order valence-electron chi connectivity index (χ3n) is 3.27. The van der Waals surface area contributed by atoms with Crippen molar-refractivity contribution in [2.45, 2.75) is 31.5 Å². The van der Waals surface area contributed by atoms with Crippen LogP contribution < -0.4 is 5.32 Å². The van der Waals surface area contributed by atoms with E-state index >= 15 is 0 Å². The molecule has 5 nitrogen and oxygen atoms in total. The summed E-state index contributed by atoms with van der Waals surface area (Å²) in [5.74, 6) is -2.08. The van der Waals surface area contributed by atoms with Crippen LogP contribution in [0, 0.1) is 0 Å². The van der Waals surface area contributed by atoms with E-state index in [1.165, 1.54) is 19.2 Å². The third-order valence-corrected chi connectivity index (χ3v) is 3.27. The molecule has 0 aliphatic carbocycles. The van der Waals surface area contributed by atoms with Crippen molar-refractivity contribution in [1.82, 2.24) is 5.32 Å². The number of carbonyl (C=O) groups is 2. The highest BCUT2D eigenvalue weighted by atomic mass is 19.4. The summed E-state index contributed by atoms with van der Waals surface area (Å²) in [6.07, 6.45) is -4.45. The van der Waals surface area contributed by atoms with Crippen LogP contribution in [-0.2, 0) is 20.5 Å². The molecular weight excluding hydrogens is 315 g/mol. The molecule has 0 spiro atoms. The number of halogens is 3. The Bertz CT molecular complexity index is 543. The lowest BCUT2D eigenvalue weighted by Gasteiger charge is -2.16. The smallest absolute Gasteiger partial charge is 0.416 e. The van der Waals surface area contributed by atoms with E-state index in [1.54, 1.807) is 6.92 Å². The number of hydrogen-bond acceptors (Lipinski definition) is 3. The number of methoxy groups -OCH3 is 1. The zero-order valence-electron chi connectivity index (χ0n) is 12.7. The normalized spacial score (nSPS) is 14.1. The van der Waals surface area contributed by atoms with Gasteiger partial charge in [0.15, 0.2) is 6.04 Å². The van der Waals surface area contributed by atoms with Crippen LogP contribution in [0.4, 0.5) is 13.2 Å². The maximum Gasteiger partial charge on any atom is 0.416 e. The van der Waals surface area contributed by atoms with Gasteiger partial charge in [-0.3, -0.25) is 4.79 Å². The minimum absolute atomic E-state index is 0.0428. The number of nitrogens with one attached hydrogen (secondary N) is 1. The second-order valence-corrected chi connectivity index (χ2v) is 5.14. The Labute approximate surface area is 131 Å². The maximum atomic E-state index is 12.5. The molecule has 1 aromatic carbocycles. The van der Waals surface area contributed by atoms with E-state index in [-0.39, 0.29) is 18.9 Å². The molecule has 0 radical (unpaired) electrons. The average molecular weight is 333 g/mol. The summed E-state index contributed by atoms with van der Waals surface area (Å²) in [5, 5.41) is 11.2. The van der Waals surface area contributed by atoms with Gasteiger partial charge in [0.25, 0.3) is 0 Å². The van der Waals surface area contributed by atoms with E-state index in [1.807, 2.05) is 0 Å². The maximum absolute atomic E-state index is 12.5. The van der Waals surface area contributed by atoms with Gasteiger partial charge >= 0.3 is 12.1 Å². The third kappa shape index (κ3) is 5.90. The number of carbonyl (C=O) groups excluding carboxylic acids is 1. The first kappa shape index (κ1) is 19.0. The van der Waals surface area contributed by atoms with E-state index in [4.69, 9.17) is 9.84 Å². The van der Waals surface area contributed by atoms with Gasteiger partial charge in [-0.1, -0.05) is 19.1 Å². The summed E-state index contributed by atoms with van der Waals surface area (Å²) in [6.45, 7) is 1.50. The minimum atomic E-state index is -4.41. The lowest BCUT2D eigenvalue weighted by atomic mass is 9.96. The van der Waals surface area contributed by atoms with Gasteiger partial charge in [0, 0.05) is 13.5 Å². The quantitative estimate of drug-likeness (QED) is 0.803. The molecule has 0 heterocycles. The van der Waals surface area contributed by atoms with Gasteiger partial charge in [0.2, 0.25) is 5.91 Å². The zero-order chi connectivity index (χ0) is 17.6. The van der Waals surface area contributed by atoms with Crippen LogP contribution in [0.3, 0.4) is 0 Å². The first-order valence-electron chi connectivity index (χ1n) is 6.83. The number of hydrogen-bond donors (Lipinski definition) is 2. The molecular formula is C15H18F3NO4. The van der Waals surface area contributed by atoms with Crippen LogP contribution in [0.25, 0.3) is 0 Å². The second kappa shape index (κ2) is 7.96. The molecule has 8 heteroatoms. The molecule has 2 N–H and O–H groups in total. The van der Waals surface area contributed by atoms with Crippen LogP contribution in [0.5, 0.6) is 0 Å². The number of alkyl halides is 3. The number of benzene rings is 1. The predicted octanol–water partition coefficient (Wildman–Crippen LogP) is 2.41. The van der Waals surface area contributed by atoms with Crippen molar-refractivity contribution < 1.29 is 32.6 Å². The van der Waals surface area contributed by atoms with Crippen LogP contribution >= 0.6 is 0 Å². The predicted molar refractivity (Wildman–Crippen MR) is 75.9 cm³/mol. The van der Waals surface area contributed by atoms with E-state index in [0.29, 0.717) is 5.56 Å². The highest BCUT2D eigenvalue weighted by molar-refractivity contribution is 5.84. The van der Waals surface area contributed by atoms with Crippen LogP contribution in [0.1, 0.15) is 30.4 Å². The van der Waals surface area contributed by atoms with Crippen molar-refractivity contribution in [2.24, 2.45) is 0 Å². The van der Waals surface area contributed by atoms with E-state index in [2.05, 4.69) is 5.32 Å². The minimum Gasteiger partial charge on any atom is -0.480 e. The van der Waals surface area contributed by atoms with Gasteiger partial charge in [-0.15, -0.1) is 0 Å². The summed E-state index contributed by atoms with van der Waals surface area (Å²) >= 11 is 0. The van der Waals surface area contributed by atoms with Crippen molar-refractivity contribution in [1.29, 1.82) is 0 Å². The van der Waals surface area contributed by atoms with Gasteiger partial charge in [-0.2, -0.15) is 13.2 Å². The van der Waals surface area contributed by atoms with Gasteiger partial charge in [0.1, 0.15) is 0 Å². The number of aliphatic carboxylic acids is 1. The SMILES string of the molecule is COCC(NC(=O)CC(C)c1ccc(C(F)(F)F)cc1)C(=O)O. The fraction of sp³-hybridized carbons (Fsp3) is 0.467. The number of amides is 1. The lowest BCUT2D eigenvalue weighted by Crippen LogP contribution is -2.44. The molecule has 0 aliphatic rings. The molecule has 1 rings (SSSR count). The van der Waals surface area contributed by atoms with Crippen molar-refractivity contribution in [2.75, 3.05) is 13.7 Å². The molecule has 0 fully saturated rings. The van der Waals surface area contributed by atoms with E-state index in [9.17, 15) is 22.8 Å². The first-order chi connectivity index (χ1) is 10.6. The molecule has 0 bridgehead atoms. The molecule has 2 unspecified atom stereocenters. The molecule has 1 amide bonds. The lowest BCUT2D eigenvalue weighted by molar-refractivity contribution is -0.143. The van der Waals surface area contributed by atoms with E-state index in [0.717, 1.165) is 12.1 Å². The van der Waals surface area contributed by atoms with E-state index < -0.39 is 29.7 Å². The average Bonchev–Trinajstić information content (AvgIpc) is 2.45. The molecule has 23 heavy (non-hydrogen) atoms. The molecule has 2 atom stereocenters. The largest absolute Gasteiger partial charge is 0.480 e. The van der Waals surface area contributed by atoms with Crippen LogP contribution in [-0.4, -0.2) is 36.7 Å². The van der Waals surface area contributed by atoms with Gasteiger partial charge in [0.05, 0.1) is 12.2 Å². The first-order valence-corrected chi connectivity index (χ1v) is 6.83. The van der Waals surface area contributed by atoms with Gasteiger partial charge < -0.3 is 15.2 Å². The highest BCUT2D eigenvalue weighted by Gasteiger charge is 2.30. The van der Waals surface area contributed by atoms with Crippen molar-refractivity contribution in [3.63, 3.8) is 0 Å². The highest BCUT2D eigenvalue weighted by Crippen LogP contribution is 2.30. The Kier molecular flexibility index (Phi) is 6.56. The summed E-state index contributed by atoms with van der Waals surface area (Å²) < 4.78 is 42.2. The van der Waals surface area contributed by atoms with Crippen molar-refractivity contribution >= 4 is 11.9 Å². The van der Waals surface area contributed by atoms with Crippen molar-refractivity contribution in [3.05, 3.63) is 35.4 Å². The second-order valence-electron chi connectivity index (χ2n) is 5.14. The van der Waals surface area contributed by atoms with Crippen LogP contribution in [0.2, 0.25) is 0 Å².